The largest absolute Gasteiger partial charge is 0.348 e. The fourth-order valence-electron chi connectivity index (χ4n) is 2.89. The molecule has 1 aromatic heterocycles. The molecule has 1 heterocycles. The topological polar surface area (TPSA) is 34.0 Å². The molecule has 0 atom stereocenters. The van der Waals surface area contributed by atoms with Gasteiger partial charge in [-0.15, -0.1) is 0 Å². The Balaban J connectivity index is 1.89. The summed E-state index contributed by atoms with van der Waals surface area (Å²) in [5.74, 6) is 0.0220. The lowest BCUT2D eigenvalue weighted by atomic mass is 10.1. The van der Waals surface area contributed by atoms with Crippen LogP contribution in [0.25, 0.3) is 10.9 Å². The van der Waals surface area contributed by atoms with E-state index in [1.54, 1.807) is 0 Å². The SMILES string of the molecule is Cc1ccccc1NC(=O)Cc1c(C)n(C)c2ccccc12. The highest BCUT2D eigenvalue weighted by molar-refractivity contribution is 5.97. The summed E-state index contributed by atoms with van der Waals surface area (Å²) in [7, 11) is 2.04. The zero-order valence-electron chi connectivity index (χ0n) is 13.2. The molecule has 0 saturated heterocycles. The third kappa shape index (κ3) is 2.50. The van der Waals surface area contributed by atoms with Crippen molar-refractivity contribution in [2.24, 2.45) is 7.05 Å². The predicted molar refractivity (Wildman–Crippen MR) is 91.2 cm³/mol. The number of nitrogens with zero attached hydrogens (tertiary/aromatic N) is 1. The zero-order valence-corrected chi connectivity index (χ0v) is 13.2. The first-order valence-electron chi connectivity index (χ1n) is 7.46. The molecule has 112 valence electrons. The molecule has 3 aromatic rings. The predicted octanol–water partition coefficient (Wildman–Crippen LogP) is 3.98. The Morgan fingerprint density at radius 1 is 1.05 bits per heavy atom. The van der Waals surface area contributed by atoms with Crippen LogP contribution < -0.4 is 5.32 Å². The molecule has 0 radical (unpaired) electrons. The molecule has 2 aromatic carbocycles. The van der Waals surface area contributed by atoms with Crippen molar-refractivity contribution < 1.29 is 4.79 Å². The van der Waals surface area contributed by atoms with Crippen LogP contribution in [0.1, 0.15) is 16.8 Å². The van der Waals surface area contributed by atoms with Gasteiger partial charge in [0.2, 0.25) is 5.91 Å². The number of anilines is 1. The van der Waals surface area contributed by atoms with Gasteiger partial charge in [-0.05, 0) is 37.1 Å². The van der Waals surface area contributed by atoms with E-state index < -0.39 is 0 Å². The summed E-state index contributed by atoms with van der Waals surface area (Å²) < 4.78 is 2.14. The van der Waals surface area contributed by atoms with Crippen molar-refractivity contribution in [1.29, 1.82) is 0 Å². The van der Waals surface area contributed by atoms with Crippen molar-refractivity contribution in [3.63, 3.8) is 0 Å². The highest BCUT2D eigenvalue weighted by atomic mass is 16.1. The molecule has 0 bridgehead atoms. The summed E-state index contributed by atoms with van der Waals surface area (Å²) in [4.78, 5) is 12.4. The summed E-state index contributed by atoms with van der Waals surface area (Å²) in [5.41, 5.74) is 5.36. The number of benzene rings is 2. The molecule has 0 spiro atoms. The number of aryl methyl sites for hydroxylation is 2. The summed E-state index contributed by atoms with van der Waals surface area (Å²) in [6.45, 7) is 4.06. The summed E-state index contributed by atoms with van der Waals surface area (Å²) in [5, 5.41) is 4.17. The second-order valence-electron chi connectivity index (χ2n) is 5.68. The van der Waals surface area contributed by atoms with E-state index in [1.165, 1.54) is 5.52 Å². The fourth-order valence-corrected chi connectivity index (χ4v) is 2.89. The van der Waals surface area contributed by atoms with Crippen LogP contribution in [0.5, 0.6) is 0 Å². The van der Waals surface area contributed by atoms with Crippen LogP contribution >= 0.6 is 0 Å². The molecule has 1 amide bonds. The number of carbonyl (C=O) groups excluding carboxylic acids is 1. The van der Waals surface area contributed by atoms with Gasteiger partial charge in [-0.2, -0.15) is 0 Å². The number of hydrogen-bond donors (Lipinski definition) is 1. The van der Waals surface area contributed by atoms with Crippen LogP contribution in [-0.2, 0) is 18.3 Å². The lowest BCUT2D eigenvalue weighted by Crippen LogP contribution is -2.15. The average Bonchev–Trinajstić information content (AvgIpc) is 2.75. The van der Waals surface area contributed by atoms with E-state index in [-0.39, 0.29) is 5.91 Å². The Morgan fingerprint density at radius 2 is 1.73 bits per heavy atom. The fraction of sp³-hybridized carbons (Fsp3) is 0.211. The number of para-hydroxylation sites is 2. The molecule has 3 nitrogen and oxygen atoms in total. The molecule has 1 N–H and O–H groups in total. The molecule has 3 heteroatoms. The van der Waals surface area contributed by atoms with E-state index in [4.69, 9.17) is 0 Å². The Hall–Kier alpha value is -2.55. The van der Waals surface area contributed by atoms with E-state index >= 15 is 0 Å². The Bertz CT molecular complexity index is 846. The van der Waals surface area contributed by atoms with Crippen LogP contribution in [0.3, 0.4) is 0 Å². The number of rotatable bonds is 3. The first-order chi connectivity index (χ1) is 10.6. The second kappa shape index (κ2) is 5.68. The van der Waals surface area contributed by atoms with Gasteiger partial charge in [-0.3, -0.25) is 4.79 Å². The van der Waals surface area contributed by atoms with Crippen LogP contribution in [-0.4, -0.2) is 10.5 Å². The highest BCUT2D eigenvalue weighted by Crippen LogP contribution is 2.25. The molecule has 0 aliphatic heterocycles. The van der Waals surface area contributed by atoms with E-state index in [2.05, 4.69) is 28.9 Å². The maximum Gasteiger partial charge on any atom is 0.228 e. The van der Waals surface area contributed by atoms with Crippen LogP contribution in [0, 0.1) is 13.8 Å². The number of aromatic nitrogens is 1. The number of nitrogens with one attached hydrogen (secondary N) is 1. The number of hydrogen-bond acceptors (Lipinski definition) is 1. The van der Waals surface area contributed by atoms with Gasteiger partial charge in [-0.1, -0.05) is 36.4 Å². The van der Waals surface area contributed by atoms with Gasteiger partial charge in [0.25, 0.3) is 0 Å². The van der Waals surface area contributed by atoms with Crippen molar-refractivity contribution in [1.82, 2.24) is 4.57 Å². The minimum atomic E-state index is 0.0220. The zero-order chi connectivity index (χ0) is 15.7. The highest BCUT2D eigenvalue weighted by Gasteiger charge is 2.15. The normalized spacial score (nSPS) is 10.9. The molecule has 0 unspecified atom stereocenters. The van der Waals surface area contributed by atoms with Gasteiger partial charge < -0.3 is 9.88 Å². The molecular weight excluding hydrogens is 272 g/mol. The maximum atomic E-state index is 12.4. The van der Waals surface area contributed by atoms with Gasteiger partial charge in [-0.25, -0.2) is 0 Å². The van der Waals surface area contributed by atoms with Crippen LogP contribution in [0.2, 0.25) is 0 Å². The summed E-state index contributed by atoms with van der Waals surface area (Å²) in [6, 6.07) is 16.1. The number of carbonyl (C=O) groups is 1. The van der Waals surface area contributed by atoms with E-state index in [9.17, 15) is 4.79 Å². The number of amides is 1. The van der Waals surface area contributed by atoms with Gasteiger partial charge in [0.15, 0.2) is 0 Å². The van der Waals surface area contributed by atoms with Crippen molar-refractivity contribution in [2.45, 2.75) is 20.3 Å². The van der Waals surface area contributed by atoms with Gasteiger partial charge in [0.1, 0.15) is 0 Å². The van der Waals surface area contributed by atoms with E-state index in [0.717, 1.165) is 27.9 Å². The molecule has 0 saturated carbocycles. The van der Waals surface area contributed by atoms with Gasteiger partial charge in [0, 0.05) is 29.3 Å². The minimum Gasteiger partial charge on any atom is -0.348 e. The average molecular weight is 292 g/mol. The van der Waals surface area contributed by atoms with Gasteiger partial charge >= 0.3 is 0 Å². The maximum absolute atomic E-state index is 12.4. The van der Waals surface area contributed by atoms with E-state index in [0.29, 0.717) is 6.42 Å². The standard InChI is InChI=1S/C19H20N2O/c1-13-8-4-6-10-17(13)20-19(22)12-16-14(2)21(3)18-11-7-5-9-15(16)18/h4-11H,12H2,1-3H3,(H,20,22). The van der Waals surface area contributed by atoms with Crippen molar-refractivity contribution in [3.8, 4) is 0 Å². The smallest absolute Gasteiger partial charge is 0.228 e. The van der Waals surface area contributed by atoms with Crippen molar-refractivity contribution >= 4 is 22.5 Å². The molecule has 0 fully saturated rings. The van der Waals surface area contributed by atoms with Gasteiger partial charge in [0.05, 0.1) is 6.42 Å². The quantitative estimate of drug-likeness (QED) is 0.778. The number of fused-ring (bicyclic) bond motifs is 1. The lowest BCUT2D eigenvalue weighted by molar-refractivity contribution is -0.115. The summed E-state index contributed by atoms with van der Waals surface area (Å²) >= 11 is 0. The first kappa shape index (κ1) is 14.4. The second-order valence-corrected chi connectivity index (χ2v) is 5.68. The molecule has 22 heavy (non-hydrogen) atoms. The minimum absolute atomic E-state index is 0.0220. The third-order valence-corrected chi connectivity index (χ3v) is 4.29. The molecule has 3 rings (SSSR count). The first-order valence-corrected chi connectivity index (χ1v) is 7.46. The molecule has 0 aliphatic carbocycles. The third-order valence-electron chi connectivity index (χ3n) is 4.29. The van der Waals surface area contributed by atoms with E-state index in [1.807, 2.05) is 50.4 Å². The Kier molecular flexibility index (Phi) is 3.72. The Labute approximate surface area is 130 Å². The van der Waals surface area contributed by atoms with Crippen molar-refractivity contribution in [3.05, 3.63) is 65.4 Å². The van der Waals surface area contributed by atoms with Crippen LogP contribution in [0.4, 0.5) is 5.69 Å². The Morgan fingerprint density at radius 3 is 2.50 bits per heavy atom. The van der Waals surface area contributed by atoms with Crippen LogP contribution in [0.15, 0.2) is 48.5 Å². The monoisotopic (exact) mass is 292 g/mol. The van der Waals surface area contributed by atoms with Crippen molar-refractivity contribution in [2.75, 3.05) is 5.32 Å². The lowest BCUT2D eigenvalue weighted by Gasteiger charge is -2.08. The molecular formula is C19H20N2O. The molecule has 0 aliphatic rings. The summed E-state index contributed by atoms with van der Waals surface area (Å²) in [6.07, 6.45) is 0.390.